The van der Waals surface area contributed by atoms with Gasteiger partial charge in [-0.2, -0.15) is 17.7 Å². The van der Waals surface area contributed by atoms with Crippen LogP contribution in [0, 0.1) is 0 Å². The van der Waals surface area contributed by atoms with Gasteiger partial charge >= 0.3 is 5.97 Å². The number of ether oxygens (including phenoxy) is 3. The van der Waals surface area contributed by atoms with Crippen LogP contribution < -0.4 is 10.2 Å². The van der Waals surface area contributed by atoms with Crippen molar-refractivity contribution in [3.8, 4) is 5.75 Å². The van der Waals surface area contributed by atoms with Crippen LogP contribution in [0.25, 0.3) is 0 Å². The predicted molar refractivity (Wildman–Crippen MR) is 141 cm³/mol. The molecule has 1 N–H and O–H groups in total. The zero-order valence-corrected chi connectivity index (χ0v) is 22.7. The predicted octanol–water partition coefficient (Wildman–Crippen LogP) is 2.35. The van der Waals surface area contributed by atoms with Crippen molar-refractivity contribution < 1.29 is 38.2 Å². The van der Waals surface area contributed by atoms with Gasteiger partial charge in [0.05, 0.1) is 38.6 Å². The monoisotopic (exact) mass is 549 g/mol. The lowest BCUT2D eigenvalue weighted by Crippen LogP contribution is -2.32. The summed E-state index contributed by atoms with van der Waals surface area (Å²) < 4.78 is 16.2. The van der Waals surface area contributed by atoms with E-state index in [1.54, 1.807) is 0 Å². The summed E-state index contributed by atoms with van der Waals surface area (Å²) in [5.74, 6) is -1.15. The number of aryl methyl sites for hydroxylation is 1. The number of hydroxylamine groups is 2. The molecule has 1 fully saturated rings. The Kier molecular flexibility index (Phi) is 11.1. The first-order chi connectivity index (χ1) is 18.1. The third-order valence-electron chi connectivity index (χ3n) is 5.67. The van der Waals surface area contributed by atoms with Crippen LogP contribution in [0.4, 0.5) is 0 Å². The average Bonchev–Trinajstić information content (AvgIpc) is 3.17. The number of fused-ring (bicyclic) bond motifs is 1. The van der Waals surface area contributed by atoms with Crippen molar-refractivity contribution >= 4 is 42.0 Å². The lowest BCUT2D eigenvalue weighted by atomic mass is 9.90. The quantitative estimate of drug-likeness (QED) is 0.156. The molecule has 0 radical (unpaired) electrons. The maximum Gasteiger partial charge on any atom is 0.335 e. The molecule has 3 rings (SSSR count). The number of amides is 3. The molecular weight excluding hydrogens is 514 g/mol. The molecule has 12 heteroatoms. The standard InChI is InChI=1S/C26H35N3O8S/c1-26(2,38)17-22(30)28-27-21-5-3-4-18-16-19(6-7-20(18)21)36-15-14-35-13-12-34-11-10-25(33)37-29-23(31)8-9-24(29)32/h6-7,16,38H,3-5,8-15,17H2,1-2H3,(H,28,30)/b27-21+. The molecule has 0 atom stereocenters. The number of rotatable bonds is 14. The van der Waals surface area contributed by atoms with Gasteiger partial charge in [0.2, 0.25) is 5.91 Å². The summed E-state index contributed by atoms with van der Waals surface area (Å²) in [6.45, 7) is 5.17. The van der Waals surface area contributed by atoms with Gasteiger partial charge in [-0.05, 0) is 43.0 Å². The van der Waals surface area contributed by atoms with Crippen molar-refractivity contribution in [2.45, 2.75) is 63.5 Å². The van der Waals surface area contributed by atoms with Crippen LogP contribution in [0.3, 0.4) is 0 Å². The van der Waals surface area contributed by atoms with E-state index in [9.17, 15) is 19.2 Å². The normalized spacial score (nSPS) is 16.5. The molecule has 1 aliphatic heterocycles. The average molecular weight is 550 g/mol. The van der Waals surface area contributed by atoms with Crippen LogP contribution in [0.2, 0.25) is 0 Å². The summed E-state index contributed by atoms with van der Waals surface area (Å²) in [6.07, 6.45) is 2.97. The largest absolute Gasteiger partial charge is 0.491 e. The molecule has 0 aromatic heterocycles. The van der Waals surface area contributed by atoms with Crippen LogP contribution in [0.15, 0.2) is 23.3 Å². The van der Waals surface area contributed by atoms with Gasteiger partial charge in [0.1, 0.15) is 12.4 Å². The SMILES string of the molecule is CC(C)(S)CC(=O)N/N=C1\CCCc2cc(OCCOCCOCCC(=O)ON3C(=O)CCC3=O)ccc21. The molecule has 38 heavy (non-hydrogen) atoms. The number of hydrogen-bond donors (Lipinski definition) is 2. The molecule has 3 amide bonds. The summed E-state index contributed by atoms with van der Waals surface area (Å²) >= 11 is 4.39. The zero-order valence-electron chi connectivity index (χ0n) is 21.8. The second kappa shape index (κ2) is 14.3. The maximum atomic E-state index is 12.1. The molecule has 2 aliphatic rings. The fourth-order valence-corrected chi connectivity index (χ4v) is 4.05. The fourth-order valence-electron chi connectivity index (χ4n) is 3.91. The number of benzene rings is 1. The molecule has 208 valence electrons. The van der Waals surface area contributed by atoms with Gasteiger partial charge in [-0.3, -0.25) is 14.4 Å². The Morgan fingerprint density at radius 3 is 2.39 bits per heavy atom. The Bertz CT molecular complexity index is 1040. The van der Waals surface area contributed by atoms with Gasteiger partial charge in [0, 0.05) is 29.6 Å². The van der Waals surface area contributed by atoms with E-state index in [4.69, 9.17) is 19.0 Å². The van der Waals surface area contributed by atoms with E-state index in [1.165, 1.54) is 0 Å². The minimum absolute atomic E-state index is 0.0584. The van der Waals surface area contributed by atoms with E-state index < -0.39 is 22.5 Å². The van der Waals surface area contributed by atoms with Gasteiger partial charge in [-0.1, -0.05) is 13.8 Å². The zero-order chi connectivity index (χ0) is 27.5. The van der Waals surface area contributed by atoms with Crippen LogP contribution in [-0.2, 0) is 39.9 Å². The number of hydrazone groups is 1. The van der Waals surface area contributed by atoms with Crippen molar-refractivity contribution in [3.05, 3.63) is 29.3 Å². The molecular formula is C26H35N3O8S. The molecule has 0 bridgehead atoms. The van der Waals surface area contributed by atoms with Crippen molar-refractivity contribution in [2.24, 2.45) is 5.10 Å². The Morgan fingerprint density at radius 2 is 1.68 bits per heavy atom. The molecule has 11 nitrogen and oxygen atoms in total. The van der Waals surface area contributed by atoms with Crippen LogP contribution in [0.1, 0.15) is 63.5 Å². The van der Waals surface area contributed by atoms with Crippen molar-refractivity contribution in [1.82, 2.24) is 10.5 Å². The highest BCUT2D eigenvalue weighted by molar-refractivity contribution is 7.81. The van der Waals surface area contributed by atoms with E-state index in [2.05, 4.69) is 23.2 Å². The van der Waals surface area contributed by atoms with Gasteiger partial charge in [-0.15, -0.1) is 5.06 Å². The van der Waals surface area contributed by atoms with Crippen LogP contribution in [0.5, 0.6) is 5.75 Å². The Balaban J connectivity index is 1.29. The lowest BCUT2D eigenvalue weighted by Gasteiger charge is -2.20. The number of imide groups is 1. The highest BCUT2D eigenvalue weighted by atomic mass is 32.1. The number of thiol groups is 1. The second-order valence-electron chi connectivity index (χ2n) is 9.62. The molecule has 1 aromatic carbocycles. The minimum Gasteiger partial charge on any atom is -0.491 e. The van der Waals surface area contributed by atoms with Gasteiger partial charge in [0.25, 0.3) is 11.8 Å². The summed E-state index contributed by atoms with van der Waals surface area (Å²) in [5.41, 5.74) is 5.65. The minimum atomic E-state index is -0.700. The lowest BCUT2D eigenvalue weighted by molar-refractivity contribution is -0.198. The number of carbonyl (C=O) groups excluding carboxylic acids is 4. The fraction of sp³-hybridized carbons (Fsp3) is 0.577. The first kappa shape index (κ1) is 29.6. The van der Waals surface area contributed by atoms with Gasteiger partial charge < -0.3 is 19.0 Å². The molecule has 0 spiro atoms. The number of hydrogen-bond acceptors (Lipinski definition) is 10. The molecule has 0 saturated carbocycles. The van der Waals surface area contributed by atoms with Gasteiger partial charge in [-0.25, -0.2) is 10.2 Å². The topological polar surface area (TPSA) is 133 Å². The van der Waals surface area contributed by atoms with Crippen LogP contribution >= 0.6 is 12.6 Å². The summed E-state index contributed by atoms with van der Waals surface area (Å²) in [4.78, 5) is 51.4. The van der Waals surface area contributed by atoms with E-state index in [-0.39, 0.29) is 44.8 Å². The number of nitrogens with zero attached hydrogens (tertiary/aromatic N) is 2. The third-order valence-corrected chi connectivity index (χ3v) is 5.83. The number of nitrogens with one attached hydrogen (secondary N) is 1. The van der Waals surface area contributed by atoms with Crippen molar-refractivity contribution in [3.63, 3.8) is 0 Å². The van der Waals surface area contributed by atoms with E-state index in [1.807, 2.05) is 32.0 Å². The summed E-state index contributed by atoms with van der Waals surface area (Å²) in [7, 11) is 0. The molecule has 0 unspecified atom stereocenters. The first-order valence-corrected chi connectivity index (χ1v) is 13.1. The highest BCUT2D eigenvalue weighted by Crippen LogP contribution is 2.26. The van der Waals surface area contributed by atoms with Crippen LogP contribution in [-0.4, -0.2) is 72.2 Å². The molecule has 1 saturated heterocycles. The molecule has 1 aromatic rings. The number of carbonyl (C=O) groups is 4. The second-order valence-corrected chi connectivity index (χ2v) is 10.8. The van der Waals surface area contributed by atoms with Crippen molar-refractivity contribution in [1.29, 1.82) is 0 Å². The van der Waals surface area contributed by atoms with E-state index in [0.29, 0.717) is 24.9 Å². The maximum absolute atomic E-state index is 12.1. The highest BCUT2D eigenvalue weighted by Gasteiger charge is 2.32. The van der Waals surface area contributed by atoms with Crippen molar-refractivity contribution in [2.75, 3.05) is 33.0 Å². The molecule has 1 heterocycles. The first-order valence-electron chi connectivity index (χ1n) is 12.7. The summed E-state index contributed by atoms with van der Waals surface area (Å²) in [6, 6.07) is 5.84. The Hall–Kier alpha value is -2.96. The van der Waals surface area contributed by atoms with E-state index >= 15 is 0 Å². The third kappa shape index (κ3) is 9.73. The Morgan fingerprint density at radius 1 is 1.00 bits per heavy atom. The Labute approximate surface area is 227 Å². The summed E-state index contributed by atoms with van der Waals surface area (Å²) in [5, 5.41) is 4.87. The van der Waals surface area contributed by atoms with E-state index in [0.717, 1.165) is 41.9 Å². The van der Waals surface area contributed by atoms with Gasteiger partial charge in [0.15, 0.2) is 0 Å². The smallest absolute Gasteiger partial charge is 0.335 e. The molecule has 1 aliphatic carbocycles.